The highest BCUT2D eigenvalue weighted by atomic mass is 35.5. The van der Waals surface area contributed by atoms with E-state index in [-0.39, 0.29) is 11.1 Å². The molecule has 0 saturated carbocycles. The Hall–Kier alpha value is -0.840. The second-order valence-electron chi connectivity index (χ2n) is 4.59. The minimum absolute atomic E-state index is 0.0604. The van der Waals surface area contributed by atoms with Crippen molar-refractivity contribution in [2.24, 2.45) is 0 Å². The van der Waals surface area contributed by atoms with Crippen LogP contribution in [0.1, 0.15) is 23.7 Å². The molecule has 0 aliphatic rings. The van der Waals surface area contributed by atoms with Crippen LogP contribution in [0.3, 0.4) is 0 Å². The van der Waals surface area contributed by atoms with Crippen LogP contribution in [-0.2, 0) is 0 Å². The van der Waals surface area contributed by atoms with Crippen molar-refractivity contribution < 1.29 is 4.79 Å². The van der Waals surface area contributed by atoms with Crippen molar-refractivity contribution in [3.05, 3.63) is 28.0 Å². The van der Waals surface area contributed by atoms with Crippen molar-refractivity contribution in [1.29, 1.82) is 0 Å². The van der Waals surface area contributed by atoms with E-state index >= 15 is 0 Å². The first-order valence-corrected chi connectivity index (χ1v) is 6.96. The van der Waals surface area contributed by atoms with Gasteiger partial charge in [0.2, 0.25) is 0 Å². The second kappa shape index (κ2) is 7.68. The van der Waals surface area contributed by atoms with Gasteiger partial charge in [0, 0.05) is 25.8 Å². The molecule has 0 radical (unpaired) electrons. The van der Waals surface area contributed by atoms with Crippen LogP contribution in [0, 0.1) is 0 Å². The minimum Gasteiger partial charge on any atom is -0.337 e. The molecule has 0 N–H and O–H groups in total. The number of likely N-dealkylation sites (N-methyl/N-ethyl adjacent to an activating group) is 1. The van der Waals surface area contributed by atoms with Gasteiger partial charge in [-0.2, -0.15) is 0 Å². The number of carbonyl (C=O) groups is 1. The van der Waals surface area contributed by atoms with Gasteiger partial charge in [0.15, 0.2) is 0 Å². The van der Waals surface area contributed by atoms with E-state index in [0.717, 1.165) is 13.0 Å². The van der Waals surface area contributed by atoms with Crippen LogP contribution in [0.4, 0.5) is 0 Å². The lowest BCUT2D eigenvalue weighted by Crippen LogP contribution is -2.37. The minimum atomic E-state index is -0.0604. The first kappa shape index (κ1) is 16.2. The predicted octanol–water partition coefficient (Wildman–Crippen LogP) is 2.80. The van der Waals surface area contributed by atoms with Gasteiger partial charge in [-0.1, -0.05) is 30.1 Å². The molecule has 0 saturated heterocycles. The van der Waals surface area contributed by atoms with E-state index in [1.54, 1.807) is 11.0 Å². The van der Waals surface area contributed by atoms with Crippen molar-refractivity contribution in [2.45, 2.75) is 13.3 Å². The average molecular weight is 304 g/mol. The maximum atomic E-state index is 12.4. The van der Waals surface area contributed by atoms with E-state index in [0.29, 0.717) is 23.7 Å². The summed E-state index contributed by atoms with van der Waals surface area (Å²) in [6, 6.07) is 1.57. The fourth-order valence-electron chi connectivity index (χ4n) is 1.63. The fraction of sp³-hybridized carbons (Fsp3) is 0.538. The Bertz CT molecular complexity index is 438. The molecule has 1 aromatic rings. The Kier molecular flexibility index (Phi) is 6.55. The third kappa shape index (κ3) is 4.97. The quantitative estimate of drug-likeness (QED) is 0.758. The fourth-order valence-corrected chi connectivity index (χ4v) is 1.90. The molecule has 0 aliphatic heterocycles. The normalized spacial score (nSPS) is 10.8. The molecule has 0 spiro atoms. The van der Waals surface area contributed by atoms with Crippen LogP contribution in [-0.4, -0.2) is 54.4 Å². The lowest BCUT2D eigenvalue weighted by atomic mass is 10.2. The summed E-state index contributed by atoms with van der Waals surface area (Å²) < 4.78 is 0. The summed E-state index contributed by atoms with van der Waals surface area (Å²) in [4.78, 5) is 20.1. The number of carbonyl (C=O) groups excluding carboxylic acids is 1. The van der Waals surface area contributed by atoms with Crippen LogP contribution < -0.4 is 0 Å². The van der Waals surface area contributed by atoms with Gasteiger partial charge in [0.05, 0.1) is 10.6 Å². The third-order valence-electron chi connectivity index (χ3n) is 2.64. The molecule has 1 amide bonds. The second-order valence-corrected chi connectivity index (χ2v) is 5.36. The van der Waals surface area contributed by atoms with Crippen LogP contribution in [0.25, 0.3) is 0 Å². The van der Waals surface area contributed by atoms with Crippen molar-refractivity contribution in [2.75, 3.05) is 33.7 Å². The highest BCUT2D eigenvalue weighted by Gasteiger charge is 2.16. The largest absolute Gasteiger partial charge is 0.337 e. The molecule has 0 fully saturated rings. The van der Waals surface area contributed by atoms with Crippen molar-refractivity contribution >= 4 is 29.1 Å². The van der Waals surface area contributed by atoms with Crippen molar-refractivity contribution in [3.8, 4) is 0 Å². The molecule has 1 aromatic heterocycles. The topological polar surface area (TPSA) is 36.4 Å². The number of aromatic nitrogens is 1. The van der Waals surface area contributed by atoms with Gasteiger partial charge in [-0.3, -0.25) is 4.79 Å². The first-order chi connectivity index (χ1) is 8.95. The van der Waals surface area contributed by atoms with E-state index in [1.807, 2.05) is 25.9 Å². The smallest absolute Gasteiger partial charge is 0.255 e. The molecule has 1 rings (SSSR count). The van der Waals surface area contributed by atoms with Gasteiger partial charge in [0.25, 0.3) is 5.91 Å². The zero-order chi connectivity index (χ0) is 14.4. The number of pyridine rings is 1. The Labute approximate surface area is 124 Å². The highest BCUT2D eigenvalue weighted by molar-refractivity contribution is 6.41. The van der Waals surface area contributed by atoms with Gasteiger partial charge in [0.1, 0.15) is 5.15 Å². The highest BCUT2D eigenvalue weighted by Crippen LogP contribution is 2.20. The number of hydrogen-bond acceptors (Lipinski definition) is 3. The molecular weight excluding hydrogens is 285 g/mol. The van der Waals surface area contributed by atoms with E-state index in [1.165, 1.54) is 6.20 Å². The molecule has 0 atom stereocenters. The summed E-state index contributed by atoms with van der Waals surface area (Å²) in [5, 5.41) is 0.519. The lowest BCUT2D eigenvalue weighted by Gasteiger charge is -2.24. The summed E-state index contributed by atoms with van der Waals surface area (Å²) in [6.07, 6.45) is 2.38. The molecule has 0 unspecified atom stereocenters. The molecule has 19 heavy (non-hydrogen) atoms. The van der Waals surface area contributed by atoms with Gasteiger partial charge in [-0.15, -0.1) is 0 Å². The SMILES string of the molecule is CCCN(CCN(C)C)C(=O)c1cnc(Cl)c(Cl)c1. The Morgan fingerprint density at radius 2 is 1.95 bits per heavy atom. The van der Waals surface area contributed by atoms with Gasteiger partial charge in [-0.25, -0.2) is 4.98 Å². The zero-order valence-corrected chi connectivity index (χ0v) is 13.0. The van der Waals surface area contributed by atoms with E-state index in [4.69, 9.17) is 23.2 Å². The van der Waals surface area contributed by atoms with Gasteiger partial charge in [-0.05, 0) is 26.6 Å². The number of nitrogens with zero attached hydrogens (tertiary/aromatic N) is 3. The Morgan fingerprint density at radius 3 is 2.47 bits per heavy atom. The summed E-state index contributed by atoms with van der Waals surface area (Å²) in [5.74, 6) is -0.0604. The van der Waals surface area contributed by atoms with Crippen molar-refractivity contribution in [3.63, 3.8) is 0 Å². The maximum Gasteiger partial charge on any atom is 0.255 e. The number of rotatable bonds is 6. The Balaban J connectivity index is 2.82. The average Bonchev–Trinajstić information content (AvgIpc) is 2.36. The molecule has 1 heterocycles. The van der Waals surface area contributed by atoms with E-state index in [2.05, 4.69) is 4.98 Å². The molecular formula is C13H19Cl2N3O. The standard InChI is InChI=1S/C13H19Cl2N3O/c1-4-5-18(7-6-17(2)3)13(19)10-8-11(14)12(15)16-9-10/h8-9H,4-7H2,1-3H3. The third-order valence-corrected chi connectivity index (χ3v) is 3.33. The van der Waals surface area contributed by atoms with Gasteiger partial charge < -0.3 is 9.80 Å². The number of amides is 1. The predicted molar refractivity (Wildman–Crippen MR) is 79.0 cm³/mol. The van der Waals surface area contributed by atoms with Gasteiger partial charge >= 0.3 is 0 Å². The van der Waals surface area contributed by atoms with Crippen LogP contribution in [0.5, 0.6) is 0 Å². The van der Waals surface area contributed by atoms with Crippen LogP contribution in [0.2, 0.25) is 10.2 Å². The van der Waals surface area contributed by atoms with Crippen LogP contribution >= 0.6 is 23.2 Å². The van der Waals surface area contributed by atoms with E-state index < -0.39 is 0 Å². The zero-order valence-electron chi connectivity index (χ0n) is 11.5. The summed E-state index contributed by atoms with van der Waals surface area (Å²) >= 11 is 11.6. The molecule has 0 bridgehead atoms. The molecule has 0 aliphatic carbocycles. The summed E-state index contributed by atoms with van der Waals surface area (Å²) in [7, 11) is 3.96. The summed E-state index contributed by atoms with van der Waals surface area (Å²) in [5.41, 5.74) is 0.474. The molecule has 0 aromatic carbocycles. The monoisotopic (exact) mass is 303 g/mol. The summed E-state index contributed by atoms with van der Waals surface area (Å²) in [6.45, 7) is 4.26. The number of halogens is 2. The van der Waals surface area contributed by atoms with Crippen LogP contribution in [0.15, 0.2) is 12.3 Å². The maximum absolute atomic E-state index is 12.4. The Morgan fingerprint density at radius 1 is 1.26 bits per heavy atom. The first-order valence-electron chi connectivity index (χ1n) is 6.20. The lowest BCUT2D eigenvalue weighted by molar-refractivity contribution is 0.0744. The van der Waals surface area contributed by atoms with E-state index in [9.17, 15) is 4.79 Å². The number of hydrogen-bond donors (Lipinski definition) is 0. The molecule has 4 nitrogen and oxygen atoms in total. The molecule has 6 heteroatoms. The molecule has 106 valence electrons. The van der Waals surface area contributed by atoms with Crippen molar-refractivity contribution in [1.82, 2.24) is 14.8 Å².